The van der Waals surface area contributed by atoms with Crippen LogP contribution in [0.2, 0.25) is 0 Å². The van der Waals surface area contributed by atoms with E-state index in [4.69, 9.17) is 19.9 Å². The number of amides is 8. The average molecular weight is 1000 g/mol. The molecule has 0 spiro atoms. The van der Waals surface area contributed by atoms with Crippen LogP contribution in [0, 0.1) is 0 Å². The molecule has 3 aliphatic rings. The van der Waals surface area contributed by atoms with E-state index < -0.39 is 115 Å². The number of rotatable bonds is 26. The lowest BCUT2D eigenvalue weighted by molar-refractivity contribution is -0.156. The van der Waals surface area contributed by atoms with Crippen molar-refractivity contribution in [2.75, 3.05) is 39.5 Å². The van der Waals surface area contributed by atoms with Crippen LogP contribution >= 0.6 is 0 Å². The fraction of sp³-hybridized carbons (Fsp3) is 0.449. The molecule has 6 atom stereocenters. The van der Waals surface area contributed by atoms with Gasteiger partial charge in [0, 0.05) is 25.3 Å². The Bertz CT molecular complexity index is 2410. The van der Waals surface area contributed by atoms with Crippen molar-refractivity contribution in [1.82, 2.24) is 37.2 Å². The van der Waals surface area contributed by atoms with Gasteiger partial charge in [0.25, 0.3) is 0 Å². The van der Waals surface area contributed by atoms with Gasteiger partial charge >= 0.3 is 12.1 Å². The summed E-state index contributed by atoms with van der Waals surface area (Å²) in [6.07, 6.45) is -5.36. The lowest BCUT2D eigenvalue weighted by Gasteiger charge is -2.40. The fourth-order valence-electron chi connectivity index (χ4n) is 8.67. The Hall–Kier alpha value is -7.47. The minimum atomic E-state index is -1.44. The van der Waals surface area contributed by atoms with Crippen molar-refractivity contribution in [3.8, 4) is 11.1 Å². The standard InChI is InChI=1S/C49H60N8O15/c50-38(58)20-36-44(65)45(66)37(72-36)22-51-39(59)16-15-34(57-48(69)70-26-33-31-13-6-4-11-29(31)30-12-5-7-14-32(30)33)46(67)53-23-40(60)52-25-42(62)56-35(19-28-9-2-1-3-10-28)47(68)54-24-41(61)55-27-71-49(17-8-18-49)21-43(63)64/h1-7,9-14,33-37,44-45,65-66H,8,15-27H2,(H2,50,58)(H,51,59)(H,52,60)(H,53,67)(H,54,68)(H,55,61)(H,56,62)(H,57,69)(H,63,64)/t34-,35-,36-,37+,44-,45+/m0/s1. The summed E-state index contributed by atoms with van der Waals surface area (Å²) in [5.41, 5.74) is 8.88. The second-order valence-electron chi connectivity index (χ2n) is 17.7. The van der Waals surface area contributed by atoms with Gasteiger partial charge in [-0.15, -0.1) is 0 Å². The third kappa shape index (κ3) is 15.3. The van der Waals surface area contributed by atoms with E-state index in [1.807, 2.05) is 48.5 Å². The van der Waals surface area contributed by atoms with Crippen LogP contribution in [0.25, 0.3) is 11.1 Å². The number of carbonyl (C=O) groups is 9. The second kappa shape index (κ2) is 25.6. The largest absolute Gasteiger partial charge is 0.481 e. The normalized spacial score (nSPS) is 19.1. The predicted molar refractivity (Wildman–Crippen MR) is 253 cm³/mol. The molecule has 6 rings (SSSR count). The smallest absolute Gasteiger partial charge is 0.407 e. The highest BCUT2D eigenvalue weighted by Gasteiger charge is 2.43. The van der Waals surface area contributed by atoms with Gasteiger partial charge < -0.3 is 72.5 Å². The molecule has 23 nitrogen and oxygen atoms in total. The Morgan fingerprint density at radius 3 is 1.88 bits per heavy atom. The molecular weight excluding hydrogens is 941 g/mol. The number of primary amides is 1. The molecule has 0 aromatic heterocycles. The van der Waals surface area contributed by atoms with E-state index in [2.05, 4.69) is 37.2 Å². The number of aliphatic hydroxyl groups excluding tert-OH is 2. The summed E-state index contributed by atoms with van der Waals surface area (Å²) >= 11 is 0. The van der Waals surface area contributed by atoms with Gasteiger partial charge in [0.15, 0.2) is 0 Å². The molecule has 2 aliphatic carbocycles. The highest BCUT2D eigenvalue weighted by atomic mass is 16.6. The van der Waals surface area contributed by atoms with E-state index >= 15 is 0 Å². The molecule has 0 radical (unpaired) electrons. The van der Waals surface area contributed by atoms with Gasteiger partial charge in [-0.25, -0.2) is 4.79 Å². The molecule has 0 unspecified atom stereocenters. The Balaban J connectivity index is 0.999. The van der Waals surface area contributed by atoms with Gasteiger partial charge in [0.05, 0.1) is 44.2 Å². The van der Waals surface area contributed by atoms with Crippen LogP contribution in [-0.4, -0.2) is 150 Å². The maximum atomic E-state index is 13.6. The van der Waals surface area contributed by atoms with Gasteiger partial charge in [-0.05, 0) is 53.5 Å². The molecule has 0 bridgehead atoms. The summed E-state index contributed by atoms with van der Waals surface area (Å²) in [6.45, 7) is -2.44. The number of carboxylic acids is 1. The van der Waals surface area contributed by atoms with E-state index in [0.29, 0.717) is 18.4 Å². The molecule has 1 saturated carbocycles. The molecule has 8 amide bonds. The first-order chi connectivity index (χ1) is 34.5. The number of carbonyl (C=O) groups excluding carboxylic acids is 8. The van der Waals surface area contributed by atoms with Gasteiger partial charge in [0.2, 0.25) is 41.4 Å². The number of hydrogen-bond donors (Lipinski definition) is 11. The Morgan fingerprint density at radius 1 is 0.681 bits per heavy atom. The first-order valence-electron chi connectivity index (χ1n) is 23.5. The third-order valence-electron chi connectivity index (χ3n) is 12.6. The summed E-state index contributed by atoms with van der Waals surface area (Å²) < 4.78 is 16.8. The molecule has 12 N–H and O–H groups in total. The molecular formula is C49H60N8O15. The predicted octanol–water partition coefficient (Wildman–Crippen LogP) is -1.28. The van der Waals surface area contributed by atoms with Crippen molar-refractivity contribution >= 4 is 53.4 Å². The highest BCUT2D eigenvalue weighted by molar-refractivity contribution is 5.94. The average Bonchev–Trinajstić information content (AvgIpc) is 3.81. The van der Waals surface area contributed by atoms with Crippen molar-refractivity contribution in [1.29, 1.82) is 0 Å². The summed E-state index contributed by atoms with van der Waals surface area (Å²) in [5.74, 6) is -6.59. The van der Waals surface area contributed by atoms with Crippen LogP contribution < -0.4 is 43.0 Å². The molecule has 386 valence electrons. The molecule has 2 fully saturated rings. The Morgan fingerprint density at radius 2 is 1.26 bits per heavy atom. The minimum absolute atomic E-state index is 0.0117. The van der Waals surface area contributed by atoms with Crippen molar-refractivity contribution in [3.63, 3.8) is 0 Å². The van der Waals surface area contributed by atoms with Crippen LogP contribution in [0.5, 0.6) is 0 Å². The fourth-order valence-corrected chi connectivity index (χ4v) is 8.67. The summed E-state index contributed by atoms with van der Waals surface area (Å²) in [6, 6.07) is 21.4. The maximum Gasteiger partial charge on any atom is 0.407 e. The molecule has 23 heteroatoms. The van der Waals surface area contributed by atoms with Crippen LogP contribution in [0.3, 0.4) is 0 Å². The first-order valence-corrected chi connectivity index (χ1v) is 23.5. The van der Waals surface area contributed by atoms with Gasteiger partial charge in [-0.2, -0.15) is 0 Å². The number of carboxylic acid groups (broad SMARTS) is 1. The lowest BCUT2D eigenvalue weighted by atomic mass is 9.77. The monoisotopic (exact) mass is 1000 g/mol. The Labute approximate surface area is 413 Å². The Kier molecular flexibility index (Phi) is 19.1. The number of aliphatic carboxylic acids is 1. The molecule has 1 heterocycles. The number of nitrogens with one attached hydrogen (secondary N) is 7. The topological polar surface area (TPSA) is 352 Å². The summed E-state index contributed by atoms with van der Waals surface area (Å²) in [5, 5.41) is 47.0. The van der Waals surface area contributed by atoms with E-state index in [-0.39, 0.29) is 57.9 Å². The van der Waals surface area contributed by atoms with E-state index in [9.17, 15) is 58.5 Å². The zero-order valence-corrected chi connectivity index (χ0v) is 39.3. The summed E-state index contributed by atoms with van der Waals surface area (Å²) in [4.78, 5) is 114. The molecule has 1 aliphatic heterocycles. The first kappa shape index (κ1) is 53.9. The SMILES string of the molecule is NC(=O)C[C@@H]1O[C@H](CNC(=O)CC[C@H](NC(=O)OCC2c3ccccc3-c3ccccc32)C(=O)NCC(=O)NCC(=O)N[C@@H](Cc2ccccc2)C(=O)NCC(=O)NCOC2(CC(=O)O)CCC2)[C@@H](O)[C@H]1O. The molecule has 3 aromatic carbocycles. The zero-order valence-electron chi connectivity index (χ0n) is 39.3. The van der Waals surface area contributed by atoms with Gasteiger partial charge in [0.1, 0.15) is 43.7 Å². The van der Waals surface area contributed by atoms with E-state index in [0.717, 1.165) is 28.7 Å². The zero-order chi connectivity index (χ0) is 51.8. The molecule has 3 aromatic rings. The van der Waals surface area contributed by atoms with Crippen molar-refractivity contribution in [2.24, 2.45) is 5.73 Å². The lowest BCUT2D eigenvalue weighted by Crippen LogP contribution is -2.53. The van der Waals surface area contributed by atoms with Crippen LogP contribution in [0.15, 0.2) is 78.9 Å². The van der Waals surface area contributed by atoms with Crippen LogP contribution in [0.1, 0.15) is 67.6 Å². The van der Waals surface area contributed by atoms with Gasteiger partial charge in [-0.3, -0.25) is 38.4 Å². The number of aliphatic hydroxyl groups is 2. The molecule has 1 saturated heterocycles. The van der Waals surface area contributed by atoms with Gasteiger partial charge in [-0.1, -0.05) is 78.9 Å². The van der Waals surface area contributed by atoms with Crippen molar-refractivity contribution < 1.29 is 72.7 Å². The van der Waals surface area contributed by atoms with E-state index in [1.54, 1.807) is 30.3 Å². The number of nitrogens with two attached hydrogens (primary N) is 1. The number of fused-ring (bicyclic) bond motifs is 3. The van der Waals surface area contributed by atoms with Crippen molar-refractivity contribution in [3.05, 3.63) is 95.6 Å². The number of benzene rings is 3. The van der Waals surface area contributed by atoms with Crippen LogP contribution in [-0.2, 0) is 59.0 Å². The van der Waals surface area contributed by atoms with Crippen molar-refractivity contribution in [2.45, 2.75) is 99.4 Å². The highest BCUT2D eigenvalue weighted by Crippen LogP contribution is 2.44. The maximum absolute atomic E-state index is 13.6. The summed E-state index contributed by atoms with van der Waals surface area (Å²) in [7, 11) is 0. The number of hydrogen-bond acceptors (Lipinski definition) is 14. The second-order valence-corrected chi connectivity index (χ2v) is 17.7. The third-order valence-corrected chi connectivity index (χ3v) is 12.6. The number of ether oxygens (including phenoxy) is 3. The van der Waals surface area contributed by atoms with Crippen LogP contribution in [0.4, 0.5) is 4.79 Å². The number of alkyl carbamates (subject to hydrolysis) is 1. The minimum Gasteiger partial charge on any atom is -0.481 e. The molecule has 72 heavy (non-hydrogen) atoms. The van der Waals surface area contributed by atoms with E-state index in [1.165, 1.54) is 0 Å². The quantitative estimate of drug-likeness (QED) is 0.0418.